The second kappa shape index (κ2) is 4.06. The van der Waals surface area contributed by atoms with Crippen LogP contribution in [0.2, 0.25) is 0 Å². The highest BCUT2D eigenvalue weighted by Crippen LogP contribution is 2.63. The Morgan fingerprint density at radius 3 is 2.65 bits per heavy atom. The summed E-state index contributed by atoms with van der Waals surface area (Å²) in [7, 11) is 1.39. The fourth-order valence-corrected chi connectivity index (χ4v) is 4.88. The van der Waals surface area contributed by atoms with E-state index in [2.05, 4.69) is 0 Å². The first-order valence-corrected chi connectivity index (χ1v) is 7.17. The van der Waals surface area contributed by atoms with Gasteiger partial charge < -0.3 is 9.47 Å². The lowest BCUT2D eigenvalue weighted by atomic mass is 9.47. The van der Waals surface area contributed by atoms with E-state index in [1.54, 1.807) is 0 Å². The van der Waals surface area contributed by atoms with Gasteiger partial charge in [-0.25, -0.2) is 0 Å². The Hall–Kier alpha value is -1.39. The summed E-state index contributed by atoms with van der Waals surface area (Å²) in [5.41, 5.74) is -1.19. The van der Waals surface area contributed by atoms with E-state index in [9.17, 15) is 14.4 Å². The average molecular weight is 280 g/mol. The molecule has 0 aromatic carbocycles. The number of ether oxygens (including phenoxy) is 2. The molecule has 0 amide bonds. The molecule has 110 valence electrons. The second-order valence-electron chi connectivity index (χ2n) is 6.73. The summed E-state index contributed by atoms with van der Waals surface area (Å²) in [6.45, 7) is 3.84. The predicted molar refractivity (Wildman–Crippen MR) is 68.6 cm³/mol. The molecule has 0 aromatic heterocycles. The zero-order chi connectivity index (χ0) is 14.7. The first kappa shape index (κ1) is 13.6. The molecule has 0 N–H and O–H groups in total. The number of hydrogen-bond donors (Lipinski definition) is 0. The Morgan fingerprint density at radius 2 is 2.00 bits per heavy atom. The van der Waals surface area contributed by atoms with E-state index >= 15 is 0 Å². The quantitative estimate of drug-likeness (QED) is 0.537. The number of Topliss-reactive ketones (excluding diaryl/α,β-unsaturated/α-hetero) is 1. The molecule has 1 aliphatic heterocycles. The molecule has 5 nitrogen and oxygen atoms in total. The number of rotatable bonds is 1. The highest BCUT2D eigenvalue weighted by atomic mass is 16.6. The van der Waals surface area contributed by atoms with Crippen LogP contribution < -0.4 is 0 Å². The normalized spacial score (nSPS) is 46.6. The minimum atomic E-state index is -0.699. The van der Waals surface area contributed by atoms with Gasteiger partial charge >= 0.3 is 11.9 Å². The van der Waals surface area contributed by atoms with Gasteiger partial charge in [0.15, 0.2) is 0 Å². The van der Waals surface area contributed by atoms with Crippen LogP contribution in [0, 0.1) is 22.7 Å². The van der Waals surface area contributed by atoms with Crippen molar-refractivity contribution in [3.63, 3.8) is 0 Å². The summed E-state index contributed by atoms with van der Waals surface area (Å²) in [5, 5.41) is 0. The Balaban J connectivity index is 2.08. The summed E-state index contributed by atoms with van der Waals surface area (Å²) in [5.74, 6) is -1.42. The number of carbonyl (C=O) groups is 3. The molecule has 0 unspecified atom stereocenters. The molecule has 1 saturated heterocycles. The first-order chi connectivity index (χ1) is 9.35. The Morgan fingerprint density at radius 1 is 1.30 bits per heavy atom. The molecule has 0 spiro atoms. The van der Waals surface area contributed by atoms with Crippen LogP contribution in [0.5, 0.6) is 0 Å². The maximum atomic E-state index is 12.2. The molecule has 3 fully saturated rings. The van der Waals surface area contributed by atoms with Crippen LogP contribution >= 0.6 is 0 Å². The van der Waals surface area contributed by atoms with Gasteiger partial charge in [0.1, 0.15) is 17.8 Å². The minimum Gasteiger partial charge on any atom is -0.469 e. The van der Waals surface area contributed by atoms with Crippen LogP contribution in [0.1, 0.15) is 39.5 Å². The van der Waals surface area contributed by atoms with E-state index in [1.807, 2.05) is 13.8 Å². The van der Waals surface area contributed by atoms with Crippen molar-refractivity contribution in [2.75, 3.05) is 7.11 Å². The lowest BCUT2D eigenvalue weighted by Crippen LogP contribution is -2.58. The number of esters is 2. The second-order valence-corrected chi connectivity index (χ2v) is 6.73. The largest absolute Gasteiger partial charge is 0.469 e. The fraction of sp³-hybridized carbons (Fsp3) is 0.800. The van der Waals surface area contributed by atoms with Crippen molar-refractivity contribution in [1.29, 1.82) is 0 Å². The van der Waals surface area contributed by atoms with Crippen molar-refractivity contribution in [2.24, 2.45) is 22.7 Å². The molecule has 5 heteroatoms. The zero-order valence-electron chi connectivity index (χ0n) is 12.1. The number of carbonyl (C=O) groups excluding carboxylic acids is 3. The average Bonchev–Trinajstić information content (AvgIpc) is 2.67. The molecule has 2 saturated carbocycles. The van der Waals surface area contributed by atoms with Gasteiger partial charge in [-0.05, 0) is 32.1 Å². The topological polar surface area (TPSA) is 69.7 Å². The van der Waals surface area contributed by atoms with Gasteiger partial charge in [-0.2, -0.15) is 0 Å². The van der Waals surface area contributed by atoms with Gasteiger partial charge in [0.25, 0.3) is 0 Å². The van der Waals surface area contributed by atoms with Crippen LogP contribution in [0.3, 0.4) is 0 Å². The third-order valence-electron chi connectivity index (χ3n) is 5.91. The number of ketones is 1. The molecule has 5 atom stereocenters. The molecule has 2 aliphatic carbocycles. The van der Waals surface area contributed by atoms with Gasteiger partial charge in [-0.15, -0.1) is 0 Å². The standard InChI is InChI=1S/C15H20O5/c1-14(13(18)19-3)7-6-10-15(2)9(14)5-4-8(16)11(15)12(17)20-10/h9-11H,4-7H2,1-3H3/t9-,10-,11-,14+,15+/m0/s1. The van der Waals surface area contributed by atoms with Crippen molar-refractivity contribution >= 4 is 17.7 Å². The van der Waals surface area contributed by atoms with Crippen molar-refractivity contribution < 1.29 is 23.9 Å². The van der Waals surface area contributed by atoms with Crippen LogP contribution in [-0.4, -0.2) is 30.9 Å². The third-order valence-corrected chi connectivity index (χ3v) is 5.91. The molecule has 20 heavy (non-hydrogen) atoms. The Labute approximate surface area is 118 Å². The fourth-order valence-electron chi connectivity index (χ4n) is 4.88. The predicted octanol–water partition coefficient (Wildman–Crippen LogP) is 1.49. The summed E-state index contributed by atoms with van der Waals surface area (Å²) in [6, 6.07) is 0. The van der Waals surface area contributed by atoms with E-state index in [-0.39, 0.29) is 23.8 Å². The van der Waals surface area contributed by atoms with Crippen molar-refractivity contribution in [3.8, 4) is 0 Å². The summed E-state index contributed by atoms with van der Waals surface area (Å²) >= 11 is 0. The van der Waals surface area contributed by atoms with E-state index in [1.165, 1.54) is 7.11 Å². The van der Waals surface area contributed by atoms with Gasteiger partial charge in [-0.3, -0.25) is 14.4 Å². The minimum absolute atomic E-state index is 0.0367. The summed E-state index contributed by atoms with van der Waals surface area (Å²) in [6.07, 6.45) is 1.99. The summed E-state index contributed by atoms with van der Waals surface area (Å²) < 4.78 is 10.4. The van der Waals surface area contributed by atoms with Gasteiger partial charge in [0.2, 0.25) is 0 Å². The zero-order valence-corrected chi connectivity index (χ0v) is 12.1. The maximum Gasteiger partial charge on any atom is 0.317 e. The van der Waals surface area contributed by atoms with E-state index < -0.39 is 22.7 Å². The molecular weight excluding hydrogens is 260 g/mol. The molecule has 3 rings (SSSR count). The molecule has 1 heterocycles. The van der Waals surface area contributed by atoms with Crippen LogP contribution in [0.25, 0.3) is 0 Å². The van der Waals surface area contributed by atoms with Crippen LogP contribution in [0.4, 0.5) is 0 Å². The van der Waals surface area contributed by atoms with Gasteiger partial charge in [0.05, 0.1) is 12.5 Å². The van der Waals surface area contributed by atoms with E-state index in [4.69, 9.17) is 9.47 Å². The lowest BCUT2D eigenvalue weighted by Gasteiger charge is -2.53. The molecule has 0 radical (unpaired) electrons. The van der Waals surface area contributed by atoms with Crippen LogP contribution in [0.15, 0.2) is 0 Å². The first-order valence-electron chi connectivity index (χ1n) is 7.17. The molecular formula is C15H20O5. The summed E-state index contributed by atoms with van der Waals surface area (Å²) in [4.78, 5) is 36.5. The molecule has 0 bridgehead atoms. The molecule has 3 aliphatic rings. The van der Waals surface area contributed by atoms with Gasteiger partial charge in [0, 0.05) is 11.8 Å². The van der Waals surface area contributed by atoms with Crippen molar-refractivity contribution in [2.45, 2.75) is 45.6 Å². The highest BCUT2D eigenvalue weighted by molar-refractivity contribution is 6.02. The maximum absolute atomic E-state index is 12.2. The van der Waals surface area contributed by atoms with Crippen molar-refractivity contribution in [1.82, 2.24) is 0 Å². The molecule has 0 aromatic rings. The Kier molecular flexibility index (Phi) is 2.76. The monoisotopic (exact) mass is 280 g/mol. The highest BCUT2D eigenvalue weighted by Gasteiger charge is 2.69. The van der Waals surface area contributed by atoms with E-state index in [0.29, 0.717) is 25.7 Å². The number of hydrogen-bond acceptors (Lipinski definition) is 5. The Bertz CT molecular complexity index is 498. The van der Waals surface area contributed by atoms with Crippen molar-refractivity contribution in [3.05, 3.63) is 0 Å². The third kappa shape index (κ3) is 1.41. The number of methoxy groups -OCH3 is 1. The lowest BCUT2D eigenvalue weighted by molar-refractivity contribution is -0.175. The van der Waals surface area contributed by atoms with E-state index in [0.717, 1.165) is 0 Å². The van der Waals surface area contributed by atoms with Crippen LogP contribution in [-0.2, 0) is 23.9 Å². The SMILES string of the molecule is COC(=O)[C@]1(C)CC[C@@H]2OC(=O)[C@@H]3C(=O)CC[C@@H]1[C@@]32C. The smallest absolute Gasteiger partial charge is 0.317 e. The van der Waals surface area contributed by atoms with Gasteiger partial charge in [-0.1, -0.05) is 6.92 Å².